The fraction of sp³-hybridized carbons (Fsp3) is 0.235. The van der Waals surface area contributed by atoms with Crippen LogP contribution in [0.25, 0.3) is 0 Å². The van der Waals surface area contributed by atoms with Crippen molar-refractivity contribution in [1.82, 2.24) is 0 Å². The van der Waals surface area contributed by atoms with Gasteiger partial charge in [0.25, 0.3) is 0 Å². The zero-order valence-electron chi connectivity index (χ0n) is 12.0. The van der Waals surface area contributed by atoms with Crippen LogP contribution in [0.15, 0.2) is 48.5 Å². The number of halogens is 1. The molecule has 0 bridgehead atoms. The van der Waals surface area contributed by atoms with E-state index in [-0.39, 0.29) is 24.1 Å². The van der Waals surface area contributed by atoms with Gasteiger partial charge in [-0.25, -0.2) is 4.39 Å². The lowest BCUT2D eigenvalue weighted by molar-refractivity contribution is -0.117. The molecule has 110 valence electrons. The topological polar surface area (TPSA) is 55.1 Å². The predicted molar refractivity (Wildman–Crippen MR) is 82.4 cm³/mol. The van der Waals surface area contributed by atoms with E-state index >= 15 is 0 Å². The van der Waals surface area contributed by atoms with E-state index in [1.807, 2.05) is 37.3 Å². The van der Waals surface area contributed by atoms with Crippen LogP contribution in [-0.2, 0) is 11.3 Å². The summed E-state index contributed by atoms with van der Waals surface area (Å²) in [5, 5.41) is 2.66. The molecule has 0 saturated carbocycles. The van der Waals surface area contributed by atoms with Gasteiger partial charge in [0.2, 0.25) is 5.91 Å². The Kier molecular flexibility index (Phi) is 5.06. The third-order valence-corrected chi connectivity index (χ3v) is 3.45. The van der Waals surface area contributed by atoms with Crippen LogP contribution in [0.5, 0.6) is 0 Å². The number of hydrogen-bond donors (Lipinski definition) is 2. The fourth-order valence-corrected chi connectivity index (χ4v) is 2.26. The molecule has 3 N–H and O–H groups in total. The maximum atomic E-state index is 13.9. The lowest BCUT2D eigenvalue weighted by Gasteiger charge is -2.16. The molecule has 1 unspecified atom stereocenters. The zero-order chi connectivity index (χ0) is 15.2. The van der Waals surface area contributed by atoms with Gasteiger partial charge in [-0.15, -0.1) is 0 Å². The molecule has 0 aliphatic rings. The number of anilines is 1. The van der Waals surface area contributed by atoms with Gasteiger partial charge in [-0.3, -0.25) is 4.79 Å². The smallest absolute Gasteiger partial charge is 0.231 e. The largest absolute Gasteiger partial charge is 0.326 e. The molecule has 0 aromatic heterocycles. The third-order valence-electron chi connectivity index (χ3n) is 3.45. The molecule has 2 aromatic rings. The molecule has 0 aliphatic heterocycles. The van der Waals surface area contributed by atoms with Gasteiger partial charge in [0.15, 0.2) is 0 Å². The Bertz CT molecular complexity index is 613. The van der Waals surface area contributed by atoms with Gasteiger partial charge in [-0.05, 0) is 29.7 Å². The number of nitrogens with two attached hydrogens (primary N) is 1. The number of carbonyl (C=O) groups is 1. The van der Waals surface area contributed by atoms with E-state index in [2.05, 4.69) is 5.32 Å². The van der Waals surface area contributed by atoms with E-state index in [0.29, 0.717) is 12.0 Å². The summed E-state index contributed by atoms with van der Waals surface area (Å²) in [6.07, 6.45) is 0.651. The highest BCUT2D eigenvalue weighted by molar-refractivity contribution is 5.95. The summed E-state index contributed by atoms with van der Waals surface area (Å²) in [7, 11) is 0. The Labute approximate surface area is 124 Å². The Balaban J connectivity index is 2.16. The lowest BCUT2D eigenvalue weighted by Crippen LogP contribution is -2.21. The van der Waals surface area contributed by atoms with Crippen molar-refractivity contribution in [2.24, 2.45) is 5.73 Å². The first-order chi connectivity index (χ1) is 10.2. The normalized spacial score (nSPS) is 12.0. The molecule has 0 fully saturated rings. The quantitative estimate of drug-likeness (QED) is 0.885. The third kappa shape index (κ3) is 3.67. The Hall–Kier alpha value is -2.20. The second-order valence-electron chi connectivity index (χ2n) is 4.88. The van der Waals surface area contributed by atoms with E-state index in [1.165, 1.54) is 6.07 Å². The first-order valence-electron chi connectivity index (χ1n) is 7.00. The van der Waals surface area contributed by atoms with Crippen molar-refractivity contribution < 1.29 is 9.18 Å². The molecule has 0 radical (unpaired) electrons. The maximum absolute atomic E-state index is 13.9. The van der Waals surface area contributed by atoms with Crippen LogP contribution < -0.4 is 11.1 Å². The standard InChI is InChI=1S/C17H19FN2O/c1-2-14(13-6-4-3-5-7-13)17(21)20-16-9-8-12(11-19)10-15(16)18/h3-10,14H,2,11,19H2,1H3,(H,20,21). The first kappa shape index (κ1) is 15.2. The molecule has 3 nitrogen and oxygen atoms in total. The van der Waals surface area contributed by atoms with Gasteiger partial charge in [-0.2, -0.15) is 0 Å². The summed E-state index contributed by atoms with van der Waals surface area (Å²) in [6.45, 7) is 2.21. The molecule has 2 aromatic carbocycles. The van der Waals surface area contributed by atoms with Crippen LogP contribution in [0, 0.1) is 5.82 Å². The number of hydrogen-bond acceptors (Lipinski definition) is 2. The fourth-order valence-electron chi connectivity index (χ4n) is 2.26. The molecule has 2 rings (SSSR count). The second kappa shape index (κ2) is 6.99. The van der Waals surface area contributed by atoms with Crippen molar-refractivity contribution in [3.63, 3.8) is 0 Å². The van der Waals surface area contributed by atoms with Crippen LogP contribution >= 0.6 is 0 Å². The second-order valence-corrected chi connectivity index (χ2v) is 4.88. The molecule has 1 amide bonds. The van der Waals surface area contributed by atoms with Crippen molar-refractivity contribution in [3.8, 4) is 0 Å². The highest BCUT2D eigenvalue weighted by Gasteiger charge is 2.19. The van der Waals surface area contributed by atoms with Gasteiger partial charge in [0.1, 0.15) is 5.82 Å². The van der Waals surface area contributed by atoms with Gasteiger partial charge < -0.3 is 11.1 Å². The van der Waals surface area contributed by atoms with Crippen LogP contribution in [0.2, 0.25) is 0 Å². The minimum Gasteiger partial charge on any atom is -0.326 e. The molecule has 0 aliphatic carbocycles. The van der Waals surface area contributed by atoms with E-state index < -0.39 is 5.82 Å². The molecular weight excluding hydrogens is 267 g/mol. The molecule has 4 heteroatoms. The summed E-state index contributed by atoms with van der Waals surface area (Å²) in [4.78, 5) is 12.3. The van der Waals surface area contributed by atoms with Gasteiger partial charge >= 0.3 is 0 Å². The molecule has 1 atom stereocenters. The molecule has 0 saturated heterocycles. The first-order valence-corrected chi connectivity index (χ1v) is 7.00. The molecule has 21 heavy (non-hydrogen) atoms. The minimum atomic E-state index is -0.464. The van der Waals surface area contributed by atoms with Gasteiger partial charge in [0.05, 0.1) is 11.6 Å². The summed E-state index contributed by atoms with van der Waals surface area (Å²) >= 11 is 0. The minimum absolute atomic E-state index is 0.187. The van der Waals surface area contributed by atoms with Crippen molar-refractivity contribution >= 4 is 11.6 Å². The van der Waals surface area contributed by atoms with E-state index in [1.54, 1.807) is 12.1 Å². The highest BCUT2D eigenvalue weighted by atomic mass is 19.1. The van der Waals surface area contributed by atoms with Crippen molar-refractivity contribution in [1.29, 1.82) is 0 Å². The lowest BCUT2D eigenvalue weighted by atomic mass is 9.95. The Morgan fingerprint density at radius 2 is 1.95 bits per heavy atom. The number of rotatable bonds is 5. The zero-order valence-corrected chi connectivity index (χ0v) is 12.0. The summed E-state index contributed by atoms with van der Waals surface area (Å²) in [5.74, 6) is -0.961. The monoisotopic (exact) mass is 286 g/mol. The summed E-state index contributed by atoms with van der Waals surface area (Å²) in [5.41, 5.74) is 7.27. The van der Waals surface area contributed by atoms with Crippen LogP contribution in [0.3, 0.4) is 0 Å². The Morgan fingerprint density at radius 1 is 1.24 bits per heavy atom. The predicted octanol–water partition coefficient (Wildman–Crippen LogP) is 3.42. The van der Waals surface area contributed by atoms with Crippen LogP contribution in [-0.4, -0.2) is 5.91 Å². The van der Waals surface area contributed by atoms with E-state index in [0.717, 1.165) is 5.56 Å². The van der Waals surface area contributed by atoms with E-state index in [4.69, 9.17) is 5.73 Å². The molecule has 0 spiro atoms. The van der Waals surface area contributed by atoms with Crippen molar-refractivity contribution in [2.45, 2.75) is 25.8 Å². The SMILES string of the molecule is CCC(C(=O)Nc1ccc(CN)cc1F)c1ccccc1. The summed E-state index contributed by atoms with van der Waals surface area (Å²) < 4.78 is 13.9. The average Bonchev–Trinajstić information content (AvgIpc) is 2.51. The van der Waals surface area contributed by atoms with Gasteiger partial charge in [-0.1, -0.05) is 43.3 Å². The summed E-state index contributed by atoms with van der Waals surface area (Å²) in [6, 6.07) is 14.1. The maximum Gasteiger partial charge on any atom is 0.231 e. The number of amides is 1. The van der Waals surface area contributed by atoms with Crippen LogP contribution in [0.1, 0.15) is 30.4 Å². The highest BCUT2D eigenvalue weighted by Crippen LogP contribution is 2.23. The van der Waals surface area contributed by atoms with E-state index in [9.17, 15) is 9.18 Å². The van der Waals surface area contributed by atoms with Crippen molar-refractivity contribution in [3.05, 3.63) is 65.5 Å². The molecular formula is C17H19FN2O. The average molecular weight is 286 g/mol. The van der Waals surface area contributed by atoms with Crippen LogP contribution in [0.4, 0.5) is 10.1 Å². The Morgan fingerprint density at radius 3 is 2.52 bits per heavy atom. The number of benzene rings is 2. The van der Waals surface area contributed by atoms with Gasteiger partial charge in [0, 0.05) is 6.54 Å². The number of carbonyl (C=O) groups excluding carboxylic acids is 1. The van der Waals surface area contributed by atoms with Crippen molar-refractivity contribution in [2.75, 3.05) is 5.32 Å². The molecule has 0 heterocycles. The number of nitrogens with one attached hydrogen (secondary N) is 1.